The number of hydrogen-bond donors (Lipinski definition) is 2. The maximum absolute atomic E-state index is 11.9. The molecule has 0 bridgehead atoms. The Balaban J connectivity index is 0.000000171. The third-order valence-electron chi connectivity index (χ3n) is 4.63. The van der Waals surface area contributed by atoms with Crippen LogP contribution in [0.25, 0.3) is 0 Å². The predicted molar refractivity (Wildman–Crippen MR) is 119 cm³/mol. The molecule has 0 aromatic heterocycles. The van der Waals surface area contributed by atoms with Gasteiger partial charge in [-0.05, 0) is 49.7 Å². The quantitative estimate of drug-likeness (QED) is 0.736. The van der Waals surface area contributed by atoms with Crippen LogP contribution < -0.4 is 10.6 Å². The predicted octanol–water partition coefficient (Wildman–Crippen LogP) is 3.56. The summed E-state index contributed by atoms with van der Waals surface area (Å²) in [6.07, 6.45) is 4.22. The van der Waals surface area contributed by atoms with Crippen LogP contribution in [-0.4, -0.2) is 55.3 Å². The van der Waals surface area contributed by atoms with Crippen LogP contribution in [0.4, 0.5) is 0 Å². The van der Waals surface area contributed by atoms with Gasteiger partial charge in [0.05, 0.1) is 0 Å². The number of piperidine rings is 1. The smallest absolute Gasteiger partial charge is 0.253 e. The lowest BCUT2D eigenvalue weighted by molar-refractivity contribution is 0.0735. The molecule has 2 aliphatic rings. The normalized spacial score (nSPS) is 15.8. The minimum absolute atomic E-state index is 0.145. The average Bonchev–Trinajstić information content (AvgIpc) is 2.82. The van der Waals surface area contributed by atoms with Gasteiger partial charge < -0.3 is 15.5 Å². The van der Waals surface area contributed by atoms with Crippen molar-refractivity contribution in [2.24, 2.45) is 0 Å². The number of amides is 1. The Morgan fingerprint density at radius 1 is 0.690 bits per heavy atom. The number of halogens is 1. The van der Waals surface area contributed by atoms with E-state index in [9.17, 15) is 9.59 Å². The maximum Gasteiger partial charge on any atom is 0.253 e. The molecule has 2 N–H and O–H groups in total. The van der Waals surface area contributed by atoms with Gasteiger partial charge in [-0.15, -0.1) is 0 Å². The van der Waals surface area contributed by atoms with Gasteiger partial charge in [-0.3, -0.25) is 9.59 Å². The minimum atomic E-state index is -0.407. The SMILES string of the molecule is C1CCNCC1.O=C(Cl)c1ccccc1.O=C(c1ccccc1)N1CCNCC1. The molecule has 2 heterocycles. The number of hydrogen-bond acceptors (Lipinski definition) is 4. The highest BCUT2D eigenvalue weighted by atomic mass is 35.5. The fraction of sp³-hybridized carbons (Fsp3) is 0.391. The molecule has 2 aromatic rings. The van der Waals surface area contributed by atoms with E-state index in [4.69, 9.17) is 11.6 Å². The van der Waals surface area contributed by atoms with Crippen LogP contribution in [0.3, 0.4) is 0 Å². The molecule has 0 atom stereocenters. The Hall–Kier alpha value is -2.21. The summed E-state index contributed by atoms with van der Waals surface area (Å²) in [7, 11) is 0. The number of rotatable bonds is 2. The van der Waals surface area contributed by atoms with Crippen molar-refractivity contribution in [2.45, 2.75) is 19.3 Å². The molecule has 29 heavy (non-hydrogen) atoms. The molecule has 1 amide bonds. The standard InChI is InChI=1S/C11H14N2O.C7H5ClO.C5H11N/c14-11(10-4-2-1-3-5-10)13-8-6-12-7-9-13;8-7(9)6-4-2-1-3-5-6;1-2-4-6-5-3-1/h1-5,12H,6-9H2;1-5H;6H,1-5H2. The van der Waals surface area contributed by atoms with Crippen molar-refractivity contribution in [3.05, 3.63) is 71.8 Å². The van der Waals surface area contributed by atoms with Gasteiger partial charge >= 0.3 is 0 Å². The molecule has 4 rings (SSSR count). The van der Waals surface area contributed by atoms with Crippen LogP contribution >= 0.6 is 11.6 Å². The van der Waals surface area contributed by atoms with Crippen molar-refractivity contribution >= 4 is 22.8 Å². The number of carbonyl (C=O) groups is 2. The summed E-state index contributed by atoms with van der Waals surface area (Å²) in [6.45, 7) is 5.93. The van der Waals surface area contributed by atoms with Crippen LogP contribution in [0.15, 0.2) is 60.7 Å². The third-order valence-corrected chi connectivity index (χ3v) is 4.85. The Labute approximate surface area is 178 Å². The Bertz CT molecular complexity index is 704. The highest BCUT2D eigenvalue weighted by molar-refractivity contribution is 6.67. The first-order chi connectivity index (χ1) is 14.2. The largest absolute Gasteiger partial charge is 0.336 e. The Morgan fingerprint density at radius 2 is 1.17 bits per heavy atom. The van der Waals surface area contributed by atoms with Crippen molar-refractivity contribution in [1.82, 2.24) is 15.5 Å². The summed E-state index contributed by atoms with van der Waals surface area (Å²) in [5.74, 6) is 0.145. The zero-order valence-electron chi connectivity index (χ0n) is 16.8. The zero-order chi connectivity index (χ0) is 20.7. The highest BCUT2D eigenvalue weighted by Gasteiger charge is 2.16. The lowest BCUT2D eigenvalue weighted by atomic mass is 10.2. The lowest BCUT2D eigenvalue weighted by Crippen LogP contribution is -2.46. The Kier molecular flexibility index (Phi) is 11.0. The molecule has 0 radical (unpaired) electrons. The summed E-state index contributed by atoms with van der Waals surface area (Å²) >= 11 is 5.16. The summed E-state index contributed by atoms with van der Waals surface area (Å²) < 4.78 is 0. The number of carbonyl (C=O) groups excluding carboxylic acids is 2. The number of piperazine rings is 1. The molecule has 2 aromatic carbocycles. The third kappa shape index (κ3) is 9.22. The van der Waals surface area contributed by atoms with Gasteiger partial charge in [0, 0.05) is 37.3 Å². The summed E-state index contributed by atoms with van der Waals surface area (Å²) in [6, 6.07) is 18.2. The van der Waals surface area contributed by atoms with E-state index in [0.29, 0.717) is 5.56 Å². The van der Waals surface area contributed by atoms with Gasteiger partial charge in [0.25, 0.3) is 11.1 Å². The van der Waals surface area contributed by atoms with Crippen LogP contribution in [0, 0.1) is 0 Å². The van der Waals surface area contributed by atoms with Crippen molar-refractivity contribution in [2.75, 3.05) is 39.3 Å². The number of nitrogens with zero attached hydrogens (tertiary/aromatic N) is 1. The first kappa shape index (κ1) is 23.1. The molecule has 0 saturated carbocycles. The van der Waals surface area contributed by atoms with E-state index in [1.165, 1.54) is 32.4 Å². The van der Waals surface area contributed by atoms with Crippen LogP contribution in [0.2, 0.25) is 0 Å². The number of nitrogens with one attached hydrogen (secondary N) is 2. The Morgan fingerprint density at radius 3 is 1.55 bits per heavy atom. The minimum Gasteiger partial charge on any atom is -0.336 e. The highest BCUT2D eigenvalue weighted by Crippen LogP contribution is 2.05. The van der Waals surface area contributed by atoms with E-state index in [-0.39, 0.29) is 5.91 Å². The first-order valence-electron chi connectivity index (χ1n) is 10.2. The lowest BCUT2D eigenvalue weighted by Gasteiger charge is -2.27. The van der Waals surface area contributed by atoms with Gasteiger partial charge in [0.1, 0.15) is 0 Å². The van der Waals surface area contributed by atoms with E-state index < -0.39 is 5.24 Å². The van der Waals surface area contributed by atoms with Gasteiger partial charge in [0.2, 0.25) is 0 Å². The molecule has 0 aliphatic carbocycles. The van der Waals surface area contributed by atoms with Gasteiger partial charge in [-0.1, -0.05) is 55.0 Å². The van der Waals surface area contributed by atoms with Crippen LogP contribution in [-0.2, 0) is 0 Å². The van der Waals surface area contributed by atoms with E-state index in [1.54, 1.807) is 24.3 Å². The molecule has 2 aliphatic heterocycles. The van der Waals surface area contributed by atoms with Crippen molar-refractivity contribution in [3.8, 4) is 0 Å². The second kappa shape index (κ2) is 13.9. The topological polar surface area (TPSA) is 61.4 Å². The monoisotopic (exact) mass is 415 g/mol. The van der Waals surface area contributed by atoms with Gasteiger partial charge in [-0.25, -0.2) is 0 Å². The molecule has 2 saturated heterocycles. The van der Waals surface area contributed by atoms with Crippen LogP contribution in [0.1, 0.15) is 40.0 Å². The summed E-state index contributed by atoms with van der Waals surface area (Å²) in [5, 5.41) is 6.11. The number of benzene rings is 2. The van der Waals surface area contributed by atoms with E-state index >= 15 is 0 Å². The van der Waals surface area contributed by atoms with E-state index in [2.05, 4.69) is 10.6 Å². The zero-order valence-corrected chi connectivity index (χ0v) is 17.5. The molecular formula is C23H30ClN3O2. The summed E-state index contributed by atoms with van der Waals surface area (Å²) in [5.41, 5.74) is 1.33. The second-order valence-corrected chi connectivity index (χ2v) is 7.20. The van der Waals surface area contributed by atoms with Gasteiger partial charge in [0.15, 0.2) is 0 Å². The summed E-state index contributed by atoms with van der Waals surface area (Å²) in [4.78, 5) is 24.2. The molecular weight excluding hydrogens is 386 g/mol. The first-order valence-corrected chi connectivity index (χ1v) is 10.6. The average molecular weight is 416 g/mol. The van der Waals surface area contributed by atoms with Crippen molar-refractivity contribution < 1.29 is 9.59 Å². The fourth-order valence-electron chi connectivity index (χ4n) is 3.00. The van der Waals surface area contributed by atoms with Crippen molar-refractivity contribution in [1.29, 1.82) is 0 Å². The fourth-order valence-corrected chi connectivity index (χ4v) is 3.13. The van der Waals surface area contributed by atoms with E-state index in [0.717, 1.165) is 31.7 Å². The van der Waals surface area contributed by atoms with Crippen LogP contribution in [0.5, 0.6) is 0 Å². The van der Waals surface area contributed by atoms with Crippen molar-refractivity contribution in [3.63, 3.8) is 0 Å². The molecule has 6 heteroatoms. The van der Waals surface area contributed by atoms with E-state index in [1.807, 2.05) is 41.3 Å². The molecule has 5 nitrogen and oxygen atoms in total. The maximum atomic E-state index is 11.9. The van der Waals surface area contributed by atoms with Gasteiger partial charge in [-0.2, -0.15) is 0 Å². The molecule has 156 valence electrons. The molecule has 0 unspecified atom stereocenters. The molecule has 2 fully saturated rings. The molecule has 0 spiro atoms. The second-order valence-electron chi connectivity index (χ2n) is 6.86.